The van der Waals surface area contributed by atoms with Crippen LogP contribution >= 0.6 is 34.4 Å². The highest BCUT2D eigenvalue weighted by Gasteiger charge is 2.24. The van der Waals surface area contributed by atoms with E-state index in [4.69, 9.17) is 9.84 Å². The normalized spacial score (nSPS) is 12.1. The Bertz CT molecular complexity index is 646. The summed E-state index contributed by atoms with van der Waals surface area (Å²) in [5.41, 5.74) is 0.310. The zero-order chi connectivity index (χ0) is 20.4. The molecular weight excluding hydrogens is 483 g/mol. The van der Waals surface area contributed by atoms with Gasteiger partial charge in [0, 0.05) is 10.3 Å². The number of alkyl halides is 1. The summed E-state index contributed by atoms with van der Waals surface area (Å²) in [7, 11) is 0. The molecule has 0 heterocycles. The molecular formula is C18H25IN2O5S. The van der Waals surface area contributed by atoms with E-state index in [9.17, 15) is 14.4 Å². The number of nitrogens with one attached hydrogen (secondary N) is 2. The fourth-order valence-corrected chi connectivity index (χ4v) is 3.50. The van der Waals surface area contributed by atoms with Crippen LogP contribution in [-0.4, -0.2) is 44.2 Å². The number of hydrogen-bond donors (Lipinski definition) is 3. The summed E-state index contributed by atoms with van der Waals surface area (Å²) >= 11 is 3.91. The van der Waals surface area contributed by atoms with Gasteiger partial charge in [-0.05, 0) is 50.6 Å². The molecule has 9 heteroatoms. The molecule has 0 aliphatic carbocycles. The molecule has 0 spiro atoms. The lowest BCUT2D eigenvalue weighted by Crippen LogP contribution is -2.48. The van der Waals surface area contributed by atoms with Gasteiger partial charge in [-0.2, -0.15) is 11.8 Å². The van der Waals surface area contributed by atoms with Gasteiger partial charge < -0.3 is 20.5 Å². The van der Waals surface area contributed by atoms with Crippen molar-refractivity contribution in [3.8, 4) is 0 Å². The van der Waals surface area contributed by atoms with Gasteiger partial charge in [0.25, 0.3) is 0 Å². The number of hydrogen-bond acceptors (Lipinski definition) is 5. The number of carbonyl (C=O) groups excluding carboxylic acids is 2. The molecule has 3 N–H and O–H groups in total. The van der Waals surface area contributed by atoms with Crippen LogP contribution in [0.4, 0.5) is 4.79 Å². The fourth-order valence-electron chi connectivity index (χ4n) is 2.05. The molecule has 7 nitrogen and oxygen atoms in total. The van der Waals surface area contributed by atoms with Crippen LogP contribution in [0, 0.1) is 0 Å². The minimum atomic E-state index is -1.00. The van der Waals surface area contributed by atoms with Gasteiger partial charge in [-0.15, -0.1) is 0 Å². The molecule has 0 saturated carbocycles. The number of ether oxygens (including phenoxy) is 1. The zero-order valence-electron chi connectivity index (χ0n) is 15.6. The highest BCUT2D eigenvalue weighted by atomic mass is 127. The minimum absolute atomic E-state index is 0.186. The molecule has 0 aromatic heterocycles. The summed E-state index contributed by atoms with van der Waals surface area (Å²) in [5, 5.41) is 14.3. The number of aromatic carboxylic acids is 1. The Morgan fingerprint density at radius 1 is 1.22 bits per heavy atom. The standard InChI is InChI=1S/C18H25IN2O5S/c1-18(2,3)26-17(25)21-14(8-9-27-11-19)15(22)20-10-12-4-6-13(7-5-12)16(23)24/h4-7,14H,8-11H2,1-3H3,(H,20,22)(H,21,25)(H,23,24). The van der Waals surface area contributed by atoms with E-state index < -0.39 is 23.7 Å². The van der Waals surface area contributed by atoms with E-state index in [0.29, 0.717) is 6.42 Å². The van der Waals surface area contributed by atoms with Gasteiger partial charge in [-0.25, -0.2) is 9.59 Å². The number of benzene rings is 1. The summed E-state index contributed by atoms with van der Waals surface area (Å²) in [6.45, 7) is 5.52. The third kappa shape index (κ3) is 9.85. The minimum Gasteiger partial charge on any atom is -0.478 e. The number of carboxylic acid groups (broad SMARTS) is 1. The lowest BCUT2D eigenvalue weighted by atomic mass is 10.1. The Labute approximate surface area is 177 Å². The molecule has 0 fully saturated rings. The quantitative estimate of drug-likeness (QED) is 0.268. The topological polar surface area (TPSA) is 105 Å². The molecule has 1 atom stereocenters. The molecule has 0 aliphatic heterocycles. The number of alkyl carbamates (subject to hydrolysis) is 1. The van der Waals surface area contributed by atoms with Crippen LogP contribution in [0.5, 0.6) is 0 Å². The maximum Gasteiger partial charge on any atom is 0.408 e. The number of thioether (sulfide) groups is 1. The summed E-state index contributed by atoms with van der Waals surface area (Å²) in [5.74, 6) is -0.582. The molecule has 2 amide bonds. The van der Waals surface area contributed by atoms with Crippen LogP contribution in [-0.2, 0) is 16.1 Å². The summed E-state index contributed by atoms with van der Waals surface area (Å²) in [4.78, 5) is 35.4. The monoisotopic (exact) mass is 508 g/mol. The summed E-state index contributed by atoms with van der Waals surface area (Å²) in [6, 6.07) is 5.56. The van der Waals surface area contributed by atoms with Crippen molar-refractivity contribution in [2.24, 2.45) is 0 Å². The third-order valence-corrected chi connectivity index (χ3v) is 5.30. The highest BCUT2D eigenvalue weighted by Crippen LogP contribution is 2.11. The van der Waals surface area contributed by atoms with Gasteiger partial charge in [-0.1, -0.05) is 34.7 Å². The molecule has 150 valence electrons. The number of amides is 2. The Hall–Kier alpha value is -1.49. The first kappa shape index (κ1) is 23.5. The van der Waals surface area contributed by atoms with Crippen molar-refractivity contribution < 1.29 is 24.2 Å². The van der Waals surface area contributed by atoms with E-state index in [1.54, 1.807) is 44.7 Å². The molecule has 1 aromatic carbocycles. The molecule has 0 radical (unpaired) electrons. The van der Waals surface area contributed by atoms with Crippen LogP contribution in [0.3, 0.4) is 0 Å². The van der Waals surface area contributed by atoms with Crippen LogP contribution in [0.2, 0.25) is 0 Å². The smallest absolute Gasteiger partial charge is 0.408 e. The number of rotatable bonds is 9. The fraction of sp³-hybridized carbons (Fsp3) is 0.500. The molecule has 0 aliphatic rings. The van der Waals surface area contributed by atoms with Crippen molar-refractivity contribution in [1.29, 1.82) is 0 Å². The van der Waals surface area contributed by atoms with Gasteiger partial charge in [0.15, 0.2) is 0 Å². The maximum atomic E-state index is 12.5. The summed E-state index contributed by atoms with van der Waals surface area (Å²) in [6.07, 6.45) is -0.149. The molecule has 1 unspecified atom stereocenters. The van der Waals surface area contributed by atoms with Crippen molar-refractivity contribution in [1.82, 2.24) is 10.6 Å². The van der Waals surface area contributed by atoms with Crippen LogP contribution in [0.25, 0.3) is 0 Å². The largest absolute Gasteiger partial charge is 0.478 e. The van der Waals surface area contributed by atoms with Gasteiger partial charge in [0.05, 0.1) is 5.56 Å². The van der Waals surface area contributed by atoms with Gasteiger partial charge in [0.1, 0.15) is 11.6 Å². The highest BCUT2D eigenvalue weighted by molar-refractivity contribution is 14.1. The number of carbonyl (C=O) groups is 3. The average Bonchev–Trinajstić information content (AvgIpc) is 2.57. The van der Waals surface area contributed by atoms with Crippen molar-refractivity contribution in [3.63, 3.8) is 0 Å². The second-order valence-corrected chi connectivity index (χ2v) is 9.63. The van der Waals surface area contributed by atoms with Gasteiger partial charge in [0.2, 0.25) is 5.91 Å². The first-order valence-corrected chi connectivity index (χ1v) is 11.0. The SMILES string of the molecule is CC(C)(C)OC(=O)NC(CCSCI)C(=O)NCc1ccc(C(=O)O)cc1. The van der Waals surface area contributed by atoms with Crippen molar-refractivity contribution in [3.05, 3.63) is 35.4 Å². The first-order chi connectivity index (χ1) is 12.6. The first-order valence-electron chi connectivity index (χ1n) is 8.35. The number of halogens is 1. The molecule has 1 aromatic rings. The Balaban J connectivity index is 2.65. The summed E-state index contributed by atoms with van der Waals surface area (Å²) < 4.78 is 6.13. The molecule has 1 rings (SSSR count). The lowest BCUT2D eigenvalue weighted by Gasteiger charge is -2.23. The Morgan fingerprint density at radius 3 is 2.37 bits per heavy atom. The van der Waals surface area contributed by atoms with E-state index in [-0.39, 0.29) is 18.0 Å². The predicted octanol–water partition coefficient (Wildman–Crippen LogP) is 3.41. The van der Waals surface area contributed by atoms with Gasteiger partial charge >= 0.3 is 12.1 Å². The zero-order valence-corrected chi connectivity index (χ0v) is 18.6. The van der Waals surface area contributed by atoms with Crippen LogP contribution in [0.1, 0.15) is 43.1 Å². The van der Waals surface area contributed by atoms with Crippen LogP contribution in [0.15, 0.2) is 24.3 Å². The average molecular weight is 508 g/mol. The Morgan fingerprint density at radius 2 is 1.85 bits per heavy atom. The third-order valence-electron chi connectivity index (χ3n) is 3.30. The lowest BCUT2D eigenvalue weighted by molar-refractivity contribution is -0.123. The van der Waals surface area contributed by atoms with Crippen molar-refractivity contribution >= 4 is 52.3 Å². The van der Waals surface area contributed by atoms with E-state index in [0.717, 1.165) is 15.1 Å². The predicted molar refractivity (Wildman–Crippen MR) is 114 cm³/mol. The maximum absolute atomic E-state index is 12.5. The van der Waals surface area contributed by atoms with E-state index in [1.807, 2.05) is 0 Å². The van der Waals surface area contributed by atoms with Gasteiger partial charge in [-0.3, -0.25) is 4.79 Å². The van der Waals surface area contributed by atoms with Crippen LogP contribution < -0.4 is 10.6 Å². The van der Waals surface area contributed by atoms with Crippen molar-refractivity contribution in [2.45, 2.75) is 45.4 Å². The molecule has 0 saturated heterocycles. The van der Waals surface area contributed by atoms with E-state index in [2.05, 4.69) is 33.2 Å². The second kappa shape index (κ2) is 11.4. The Kier molecular flexibility index (Phi) is 9.92. The second-order valence-electron chi connectivity index (χ2n) is 6.72. The molecule has 27 heavy (non-hydrogen) atoms. The van der Waals surface area contributed by atoms with Crippen molar-refractivity contribution in [2.75, 3.05) is 9.51 Å². The number of carboxylic acids is 1. The van der Waals surface area contributed by atoms with E-state index in [1.165, 1.54) is 12.1 Å². The van der Waals surface area contributed by atoms with E-state index >= 15 is 0 Å². The molecule has 0 bridgehead atoms.